The molecule has 0 radical (unpaired) electrons. The Morgan fingerprint density at radius 2 is 1.92 bits per heavy atom. The van der Waals surface area contributed by atoms with Crippen LogP contribution in [0.1, 0.15) is 78.4 Å². The van der Waals surface area contributed by atoms with Gasteiger partial charge in [0.1, 0.15) is 4.87 Å². The number of alkyl halides is 5. The highest BCUT2D eigenvalue weighted by Crippen LogP contribution is 2.50. The van der Waals surface area contributed by atoms with Gasteiger partial charge in [0.05, 0.1) is 16.8 Å². The van der Waals surface area contributed by atoms with Crippen molar-refractivity contribution in [1.29, 1.82) is 0 Å². The highest BCUT2D eigenvalue weighted by Gasteiger charge is 2.43. The third kappa shape index (κ3) is 5.50. The van der Waals surface area contributed by atoms with Gasteiger partial charge in [-0.1, -0.05) is 0 Å². The van der Waals surface area contributed by atoms with E-state index in [-0.39, 0.29) is 60.6 Å². The van der Waals surface area contributed by atoms with Crippen LogP contribution in [0.15, 0.2) is 22.8 Å². The first-order valence-corrected chi connectivity index (χ1v) is 13.5. The Morgan fingerprint density at radius 3 is 2.53 bits per heavy atom. The van der Waals surface area contributed by atoms with Gasteiger partial charge in [-0.2, -0.15) is 13.2 Å². The lowest BCUT2D eigenvalue weighted by Gasteiger charge is -2.30. The molecular formula is C25H30F5N3O2S. The first-order valence-electron chi connectivity index (χ1n) is 12.0. The number of nitrogens with zero attached hydrogens (tertiary/aromatic N) is 2. The maximum atomic E-state index is 14.2. The van der Waals surface area contributed by atoms with E-state index < -0.39 is 45.7 Å². The van der Waals surface area contributed by atoms with Crippen LogP contribution in [-0.4, -0.2) is 46.5 Å². The second-order valence-electron chi connectivity index (χ2n) is 10.1. The van der Waals surface area contributed by atoms with Crippen LogP contribution in [0.2, 0.25) is 0 Å². The minimum Gasteiger partial charge on any atom is -0.371 e. The number of aliphatic imine (C=N–C) groups is 1. The second kappa shape index (κ2) is 9.54. The van der Waals surface area contributed by atoms with Crippen molar-refractivity contribution >= 4 is 28.6 Å². The maximum Gasteiger partial charge on any atom is 0.416 e. The first kappa shape index (κ1) is 26.8. The molecule has 0 spiro atoms. The number of dihydropyridines is 1. The lowest BCUT2D eigenvalue weighted by atomic mass is 9.91. The molecule has 1 aromatic rings. The molecule has 5 nitrogen and oxygen atoms in total. The summed E-state index contributed by atoms with van der Waals surface area (Å²) < 4.78 is 83.0. The lowest BCUT2D eigenvalue weighted by Crippen LogP contribution is -2.36. The Labute approximate surface area is 209 Å². The van der Waals surface area contributed by atoms with Gasteiger partial charge in [0, 0.05) is 61.3 Å². The molecular weight excluding hydrogens is 501 g/mol. The lowest BCUT2D eigenvalue weighted by molar-refractivity contribution is -0.138. The summed E-state index contributed by atoms with van der Waals surface area (Å²) in [5.41, 5.74) is -0.440. The molecule has 0 aromatic heterocycles. The van der Waals surface area contributed by atoms with Crippen LogP contribution < -0.4 is 10.2 Å². The maximum absolute atomic E-state index is 14.2. The highest BCUT2D eigenvalue weighted by molar-refractivity contribution is 7.85. The fourth-order valence-electron chi connectivity index (χ4n) is 4.97. The number of hydrogen-bond acceptors (Lipinski definition) is 4. The standard InChI is InChI=1S/C25H30F5N3O2S/c1-15-20(22(34)32-17-7-10-31-23(2,14-17)36(3)35)19(33-11-4-8-24(26,27)9-12-33)13-18(16-5-6-16)21(15)25(28,29)30/h7,10,13,16H,4-6,8-9,11-12,14H2,1-3H3,(H,32,34)/t23?,36-/m0/s1. The molecule has 2 heterocycles. The van der Waals surface area contributed by atoms with E-state index in [0.29, 0.717) is 18.5 Å². The number of amides is 1. The Hall–Kier alpha value is -2.30. The van der Waals surface area contributed by atoms with Crippen molar-refractivity contribution in [2.75, 3.05) is 24.2 Å². The molecule has 1 amide bonds. The summed E-state index contributed by atoms with van der Waals surface area (Å²) in [5.74, 6) is -3.87. The summed E-state index contributed by atoms with van der Waals surface area (Å²) >= 11 is 0. The molecule has 198 valence electrons. The van der Waals surface area contributed by atoms with Crippen molar-refractivity contribution in [3.8, 4) is 0 Å². The van der Waals surface area contributed by atoms with Crippen LogP contribution in [0.3, 0.4) is 0 Å². The van der Waals surface area contributed by atoms with E-state index in [2.05, 4.69) is 10.3 Å². The minimum atomic E-state index is -4.67. The number of hydrogen-bond donors (Lipinski definition) is 1. The molecule has 0 bridgehead atoms. The Bertz CT molecular complexity index is 1140. The summed E-state index contributed by atoms with van der Waals surface area (Å²) in [6.07, 6.45) is 0.550. The van der Waals surface area contributed by atoms with Gasteiger partial charge in [0.2, 0.25) is 5.92 Å². The first-order chi connectivity index (χ1) is 16.7. The molecule has 1 saturated heterocycles. The number of nitrogens with one attached hydrogen (secondary N) is 1. The van der Waals surface area contributed by atoms with E-state index >= 15 is 0 Å². The zero-order chi connectivity index (χ0) is 26.5. The topological polar surface area (TPSA) is 61.8 Å². The molecule has 2 aliphatic heterocycles. The van der Waals surface area contributed by atoms with E-state index in [9.17, 15) is 31.0 Å². The minimum absolute atomic E-state index is 0.0650. The van der Waals surface area contributed by atoms with E-state index in [1.165, 1.54) is 31.5 Å². The van der Waals surface area contributed by atoms with Gasteiger partial charge in [-0.15, -0.1) is 0 Å². The zero-order valence-electron chi connectivity index (χ0n) is 20.5. The van der Waals surface area contributed by atoms with Crippen LogP contribution in [0.25, 0.3) is 0 Å². The summed E-state index contributed by atoms with van der Waals surface area (Å²) in [6, 6.07) is 1.40. The number of allylic oxidation sites excluding steroid dienone is 1. The van der Waals surface area contributed by atoms with E-state index in [1.54, 1.807) is 11.8 Å². The van der Waals surface area contributed by atoms with Gasteiger partial charge in [0.15, 0.2) is 0 Å². The number of anilines is 1. The summed E-state index contributed by atoms with van der Waals surface area (Å²) in [6.45, 7) is 3.10. The van der Waals surface area contributed by atoms with Crippen molar-refractivity contribution in [3.63, 3.8) is 0 Å². The SMILES string of the molecule is Cc1c(C(=O)NC2=CC=NC(C)([S@](C)=O)C2)c(N2CCCC(F)(F)CC2)cc(C2CC2)c1C(F)(F)F. The molecule has 4 rings (SSSR count). The van der Waals surface area contributed by atoms with Crippen LogP contribution in [0, 0.1) is 6.92 Å². The predicted molar refractivity (Wildman–Crippen MR) is 130 cm³/mol. The summed E-state index contributed by atoms with van der Waals surface area (Å²) in [7, 11) is -1.35. The molecule has 1 N–H and O–H groups in total. The average molecular weight is 532 g/mol. The molecule has 2 fully saturated rings. The van der Waals surface area contributed by atoms with Gasteiger partial charge in [-0.05, 0) is 62.3 Å². The van der Waals surface area contributed by atoms with Crippen molar-refractivity contribution in [2.24, 2.45) is 4.99 Å². The fourth-order valence-corrected chi connectivity index (χ4v) is 5.54. The van der Waals surface area contributed by atoms with Crippen LogP contribution in [-0.2, 0) is 17.0 Å². The summed E-state index contributed by atoms with van der Waals surface area (Å²) in [5, 5.41) is 2.69. The smallest absolute Gasteiger partial charge is 0.371 e. The molecule has 3 aliphatic rings. The third-order valence-electron chi connectivity index (χ3n) is 7.21. The van der Waals surface area contributed by atoms with E-state index in [0.717, 1.165) is 0 Å². The van der Waals surface area contributed by atoms with Gasteiger partial charge in [0.25, 0.3) is 5.91 Å². The van der Waals surface area contributed by atoms with Crippen molar-refractivity contribution < 1.29 is 31.0 Å². The Balaban J connectivity index is 1.78. The van der Waals surface area contributed by atoms with Gasteiger partial charge in [-0.3, -0.25) is 14.0 Å². The number of rotatable bonds is 5. The zero-order valence-corrected chi connectivity index (χ0v) is 21.3. The van der Waals surface area contributed by atoms with Gasteiger partial charge in [-0.25, -0.2) is 8.78 Å². The molecule has 11 heteroatoms. The number of carbonyl (C=O) groups is 1. The monoisotopic (exact) mass is 531 g/mol. The largest absolute Gasteiger partial charge is 0.416 e. The van der Waals surface area contributed by atoms with Gasteiger partial charge < -0.3 is 10.2 Å². The quantitative estimate of drug-likeness (QED) is 0.496. The predicted octanol–water partition coefficient (Wildman–Crippen LogP) is 5.70. The molecule has 36 heavy (non-hydrogen) atoms. The normalized spacial score (nSPS) is 25.2. The number of benzene rings is 1. The molecule has 2 atom stereocenters. The molecule has 1 aromatic carbocycles. The number of carbonyl (C=O) groups excluding carboxylic acids is 1. The van der Waals surface area contributed by atoms with Crippen molar-refractivity contribution in [3.05, 3.63) is 40.1 Å². The van der Waals surface area contributed by atoms with Crippen LogP contribution in [0.5, 0.6) is 0 Å². The number of halogens is 5. The Kier molecular flexibility index (Phi) is 7.09. The third-order valence-corrected chi connectivity index (χ3v) is 8.70. The van der Waals surface area contributed by atoms with Crippen molar-refractivity contribution in [2.45, 2.75) is 75.3 Å². The molecule has 1 aliphatic carbocycles. The fraction of sp³-hybridized carbons (Fsp3) is 0.600. The molecule has 1 unspecified atom stereocenters. The van der Waals surface area contributed by atoms with Crippen molar-refractivity contribution in [1.82, 2.24) is 5.32 Å². The molecule has 1 saturated carbocycles. The van der Waals surface area contributed by atoms with E-state index in [4.69, 9.17) is 0 Å². The van der Waals surface area contributed by atoms with Crippen LogP contribution in [0.4, 0.5) is 27.6 Å². The average Bonchev–Trinajstić information content (AvgIpc) is 3.60. The summed E-state index contributed by atoms with van der Waals surface area (Å²) in [4.78, 5) is 18.4. The van der Waals surface area contributed by atoms with Crippen LogP contribution >= 0.6 is 0 Å². The van der Waals surface area contributed by atoms with E-state index in [1.807, 2.05) is 0 Å². The van der Waals surface area contributed by atoms with Gasteiger partial charge >= 0.3 is 6.18 Å². The highest BCUT2D eigenvalue weighted by atomic mass is 32.2. The second-order valence-corrected chi connectivity index (χ2v) is 11.8. The Morgan fingerprint density at radius 1 is 1.22 bits per heavy atom.